The number of ether oxygens (including phenoxy) is 1. The number of hydrogen-bond donors (Lipinski definition) is 1. The molecular weight excluding hydrogens is 336 g/mol. The number of non-ortho nitro benzene ring substituents is 1. The van der Waals surface area contributed by atoms with Gasteiger partial charge in [-0.25, -0.2) is 0 Å². The molecule has 0 atom stereocenters. The van der Waals surface area contributed by atoms with E-state index in [9.17, 15) is 14.9 Å². The molecule has 0 heterocycles. The molecule has 0 unspecified atom stereocenters. The van der Waals surface area contributed by atoms with Crippen molar-refractivity contribution in [3.63, 3.8) is 0 Å². The molecule has 2 aromatic carbocycles. The Morgan fingerprint density at radius 2 is 1.77 bits per heavy atom. The van der Waals surface area contributed by atoms with Gasteiger partial charge in [-0.05, 0) is 30.7 Å². The molecule has 7 heteroatoms. The second-order valence-electron chi connectivity index (χ2n) is 5.86. The van der Waals surface area contributed by atoms with E-state index < -0.39 is 10.9 Å². The monoisotopic (exact) mass is 358 g/mol. The van der Waals surface area contributed by atoms with Gasteiger partial charge in [-0.2, -0.15) is 0 Å². The predicted molar refractivity (Wildman–Crippen MR) is 97.2 cm³/mol. The van der Waals surface area contributed by atoms with Gasteiger partial charge in [0.2, 0.25) is 0 Å². The summed E-state index contributed by atoms with van der Waals surface area (Å²) in [7, 11) is 0. The number of nitrogens with zero attached hydrogens (tertiary/aromatic N) is 2. The van der Waals surface area contributed by atoms with Crippen LogP contribution in [-0.4, -0.2) is 40.6 Å². The molecule has 0 bridgehead atoms. The Morgan fingerprint density at radius 1 is 1.08 bits per heavy atom. The van der Waals surface area contributed by atoms with Crippen LogP contribution in [0.1, 0.15) is 18.4 Å². The third kappa shape index (κ3) is 6.90. The van der Waals surface area contributed by atoms with Gasteiger partial charge in [0, 0.05) is 31.6 Å². The van der Waals surface area contributed by atoms with Crippen LogP contribution in [0, 0.1) is 10.1 Å². The van der Waals surface area contributed by atoms with Crippen LogP contribution in [0.5, 0.6) is 5.75 Å². The summed E-state index contributed by atoms with van der Waals surface area (Å²) in [5.41, 5.74) is 1.18. The number of carboxylic acids is 1. The normalized spacial score (nSPS) is 10.7. The molecule has 0 saturated carbocycles. The van der Waals surface area contributed by atoms with Crippen LogP contribution in [0.25, 0.3) is 0 Å². The minimum atomic E-state index is -0.799. The van der Waals surface area contributed by atoms with Crippen molar-refractivity contribution in [2.24, 2.45) is 0 Å². The highest BCUT2D eigenvalue weighted by atomic mass is 16.6. The van der Waals surface area contributed by atoms with Gasteiger partial charge in [-0.1, -0.05) is 30.3 Å². The smallest absolute Gasteiger partial charge is 0.303 e. The third-order valence-electron chi connectivity index (χ3n) is 3.84. The average Bonchev–Trinajstić information content (AvgIpc) is 2.62. The van der Waals surface area contributed by atoms with Crippen molar-refractivity contribution in [1.82, 2.24) is 4.90 Å². The molecule has 7 nitrogen and oxygen atoms in total. The molecule has 1 N–H and O–H groups in total. The summed E-state index contributed by atoms with van der Waals surface area (Å²) in [5, 5.41) is 19.5. The van der Waals surface area contributed by atoms with Crippen molar-refractivity contribution >= 4 is 11.7 Å². The maximum absolute atomic E-state index is 10.7. The zero-order valence-corrected chi connectivity index (χ0v) is 14.4. The lowest BCUT2D eigenvalue weighted by atomic mass is 10.2. The summed E-state index contributed by atoms with van der Waals surface area (Å²) in [4.78, 5) is 23.1. The summed E-state index contributed by atoms with van der Waals surface area (Å²) in [6.07, 6.45) is 0.703. The fraction of sp³-hybridized carbons (Fsp3) is 0.316. The Balaban J connectivity index is 1.86. The van der Waals surface area contributed by atoms with E-state index >= 15 is 0 Å². The molecule has 26 heavy (non-hydrogen) atoms. The first kappa shape index (κ1) is 19.4. The second-order valence-corrected chi connectivity index (χ2v) is 5.86. The van der Waals surface area contributed by atoms with Crippen LogP contribution >= 0.6 is 0 Å². The van der Waals surface area contributed by atoms with Gasteiger partial charge in [-0.3, -0.25) is 19.8 Å². The molecule has 0 radical (unpaired) electrons. The van der Waals surface area contributed by atoms with Crippen molar-refractivity contribution < 1.29 is 19.6 Å². The molecule has 0 fully saturated rings. The molecule has 0 saturated heterocycles. The molecule has 138 valence electrons. The van der Waals surface area contributed by atoms with Gasteiger partial charge in [-0.15, -0.1) is 0 Å². The van der Waals surface area contributed by atoms with Crippen molar-refractivity contribution in [3.8, 4) is 5.75 Å². The molecule has 2 rings (SSSR count). The van der Waals surface area contributed by atoms with Crippen molar-refractivity contribution in [2.45, 2.75) is 19.4 Å². The molecular formula is C19H22N2O5. The Hall–Kier alpha value is -2.93. The van der Waals surface area contributed by atoms with E-state index in [1.807, 2.05) is 30.3 Å². The lowest BCUT2D eigenvalue weighted by molar-refractivity contribution is -0.384. The number of aliphatic carboxylic acids is 1. The average molecular weight is 358 g/mol. The molecule has 0 aromatic heterocycles. The van der Waals surface area contributed by atoms with Crippen LogP contribution in [0.3, 0.4) is 0 Å². The minimum absolute atomic E-state index is 0.0247. The highest BCUT2D eigenvalue weighted by Gasteiger charge is 2.09. The van der Waals surface area contributed by atoms with Crippen molar-refractivity contribution in [2.75, 3.05) is 19.7 Å². The molecule has 0 amide bonds. The first-order valence-corrected chi connectivity index (χ1v) is 8.40. The summed E-state index contributed by atoms with van der Waals surface area (Å²) in [6.45, 7) is 2.41. The number of hydrogen-bond acceptors (Lipinski definition) is 5. The maximum Gasteiger partial charge on any atom is 0.303 e. The van der Waals surface area contributed by atoms with Gasteiger partial charge < -0.3 is 9.84 Å². The van der Waals surface area contributed by atoms with Crippen LogP contribution < -0.4 is 4.74 Å². The third-order valence-corrected chi connectivity index (χ3v) is 3.84. The lowest BCUT2D eigenvalue weighted by Crippen LogP contribution is -2.29. The van der Waals surface area contributed by atoms with E-state index in [-0.39, 0.29) is 12.1 Å². The Labute approximate surface area is 152 Å². The highest BCUT2D eigenvalue weighted by molar-refractivity contribution is 5.66. The minimum Gasteiger partial charge on any atom is -0.492 e. The summed E-state index contributed by atoms with van der Waals surface area (Å²) >= 11 is 0. The topological polar surface area (TPSA) is 92.9 Å². The Morgan fingerprint density at radius 3 is 2.38 bits per heavy atom. The quantitative estimate of drug-likeness (QED) is 0.489. The fourth-order valence-electron chi connectivity index (χ4n) is 2.52. The van der Waals surface area contributed by atoms with E-state index in [0.29, 0.717) is 38.4 Å². The van der Waals surface area contributed by atoms with Crippen LogP contribution in [0.15, 0.2) is 54.6 Å². The number of benzene rings is 2. The van der Waals surface area contributed by atoms with E-state index in [4.69, 9.17) is 9.84 Å². The van der Waals surface area contributed by atoms with Gasteiger partial charge >= 0.3 is 5.97 Å². The highest BCUT2D eigenvalue weighted by Crippen LogP contribution is 2.17. The van der Waals surface area contributed by atoms with Crippen LogP contribution in [0.4, 0.5) is 5.69 Å². The zero-order valence-electron chi connectivity index (χ0n) is 14.4. The molecule has 0 aliphatic heterocycles. The van der Waals surface area contributed by atoms with Gasteiger partial charge in [0.15, 0.2) is 0 Å². The second kappa shape index (κ2) is 10.1. The first-order chi connectivity index (χ1) is 12.5. The zero-order chi connectivity index (χ0) is 18.8. The van der Waals surface area contributed by atoms with Gasteiger partial charge in [0.05, 0.1) is 4.92 Å². The molecule has 0 aliphatic rings. The molecule has 0 aliphatic carbocycles. The SMILES string of the molecule is O=C(O)CCCN(CCOc1ccc([N+](=O)[O-])cc1)Cc1ccccc1. The van der Waals surface area contributed by atoms with E-state index in [2.05, 4.69) is 4.90 Å². The number of carboxylic acid groups (broad SMARTS) is 1. The number of nitro groups is 1. The van der Waals surface area contributed by atoms with Gasteiger partial charge in [0.1, 0.15) is 12.4 Å². The summed E-state index contributed by atoms with van der Waals surface area (Å²) in [6, 6.07) is 15.9. The van der Waals surface area contributed by atoms with Gasteiger partial charge in [0.25, 0.3) is 5.69 Å². The fourth-order valence-corrected chi connectivity index (χ4v) is 2.52. The van der Waals surface area contributed by atoms with E-state index in [1.54, 1.807) is 12.1 Å². The summed E-state index contributed by atoms with van der Waals surface area (Å²) < 4.78 is 5.66. The summed E-state index contributed by atoms with van der Waals surface area (Å²) in [5.74, 6) is -0.229. The largest absolute Gasteiger partial charge is 0.492 e. The standard InChI is InChI=1S/C19H22N2O5/c22-19(23)7-4-12-20(15-16-5-2-1-3-6-16)13-14-26-18-10-8-17(9-11-18)21(24)25/h1-3,5-6,8-11H,4,7,12-15H2,(H,22,23). The van der Waals surface area contributed by atoms with Crippen LogP contribution in [0.2, 0.25) is 0 Å². The van der Waals surface area contributed by atoms with E-state index in [0.717, 1.165) is 5.56 Å². The first-order valence-electron chi connectivity index (χ1n) is 8.40. The van der Waals surface area contributed by atoms with Crippen LogP contribution in [-0.2, 0) is 11.3 Å². The maximum atomic E-state index is 10.7. The number of carbonyl (C=O) groups is 1. The van der Waals surface area contributed by atoms with E-state index in [1.165, 1.54) is 12.1 Å². The molecule has 2 aromatic rings. The Bertz CT molecular complexity index is 704. The van der Waals surface area contributed by atoms with Crippen molar-refractivity contribution in [1.29, 1.82) is 0 Å². The predicted octanol–water partition coefficient (Wildman–Crippen LogP) is 3.34. The van der Waals surface area contributed by atoms with Crippen molar-refractivity contribution in [3.05, 3.63) is 70.3 Å². The molecule has 0 spiro atoms. The lowest BCUT2D eigenvalue weighted by Gasteiger charge is -2.22. The number of rotatable bonds is 11. The number of nitro benzene ring substituents is 1. The Kier molecular flexibility index (Phi) is 7.57.